The molecule has 0 spiro atoms. The van der Waals surface area contributed by atoms with Gasteiger partial charge in [-0.05, 0) is 68.1 Å². The summed E-state index contributed by atoms with van der Waals surface area (Å²) in [7, 11) is -3.58. The lowest BCUT2D eigenvalue weighted by atomic mass is 9.97. The number of amides is 1. The first kappa shape index (κ1) is 22.5. The highest BCUT2D eigenvalue weighted by molar-refractivity contribution is 7.89. The van der Waals surface area contributed by atoms with Crippen LogP contribution in [0.4, 0.5) is 5.69 Å². The lowest BCUT2D eigenvalue weighted by molar-refractivity contribution is -0.115. The van der Waals surface area contributed by atoms with Crippen LogP contribution < -0.4 is 10.0 Å². The summed E-state index contributed by atoms with van der Waals surface area (Å²) < 4.78 is 28.4. The topological polar surface area (TPSA) is 78.5 Å². The zero-order valence-corrected chi connectivity index (χ0v) is 18.5. The van der Waals surface area contributed by atoms with E-state index in [1.807, 2.05) is 6.07 Å². The van der Waals surface area contributed by atoms with Gasteiger partial charge in [0.1, 0.15) is 0 Å². The molecule has 7 heteroatoms. The van der Waals surface area contributed by atoms with E-state index in [0.29, 0.717) is 30.1 Å². The minimum absolute atomic E-state index is 0.0956. The Bertz CT molecular complexity index is 953. The largest absolute Gasteiger partial charge is 0.326 e. The summed E-state index contributed by atoms with van der Waals surface area (Å²) in [4.78, 5) is 14.2. The first-order valence-electron chi connectivity index (χ1n) is 10.5. The quantitative estimate of drug-likeness (QED) is 0.673. The Morgan fingerprint density at radius 3 is 2.43 bits per heavy atom. The van der Waals surface area contributed by atoms with Gasteiger partial charge in [-0.1, -0.05) is 37.3 Å². The number of hydrogen-bond donors (Lipinski definition) is 2. The van der Waals surface area contributed by atoms with Gasteiger partial charge in [0.25, 0.3) is 0 Å². The van der Waals surface area contributed by atoms with Gasteiger partial charge in [-0.2, -0.15) is 0 Å². The van der Waals surface area contributed by atoms with Crippen LogP contribution in [0.2, 0.25) is 0 Å². The molecule has 2 aromatic rings. The normalized spacial score (nSPS) is 15.8. The Morgan fingerprint density at radius 2 is 1.80 bits per heavy atom. The van der Waals surface area contributed by atoms with E-state index in [1.165, 1.54) is 5.56 Å². The maximum absolute atomic E-state index is 12.8. The SMILES string of the molecule is CCC(=O)Nc1ccc(S(=O)(=O)NCC2CCN(Cc3ccccc3)CC2)c(C)c1. The van der Waals surface area contributed by atoms with E-state index >= 15 is 0 Å². The Hall–Kier alpha value is -2.22. The van der Waals surface area contributed by atoms with Crippen LogP contribution in [0.25, 0.3) is 0 Å². The Labute approximate surface area is 179 Å². The second-order valence-corrected chi connectivity index (χ2v) is 9.67. The van der Waals surface area contributed by atoms with Crippen molar-refractivity contribution in [1.29, 1.82) is 0 Å². The van der Waals surface area contributed by atoms with Gasteiger partial charge in [0.05, 0.1) is 4.90 Å². The molecule has 6 nitrogen and oxygen atoms in total. The van der Waals surface area contributed by atoms with Gasteiger partial charge < -0.3 is 5.32 Å². The lowest BCUT2D eigenvalue weighted by Crippen LogP contribution is -2.38. The standard InChI is InChI=1S/C23H31N3O3S/c1-3-23(27)25-21-9-10-22(18(2)15-21)30(28,29)24-16-19-11-13-26(14-12-19)17-20-7-5-4-6-8-20/h4-10,15,19,24H,3,11-14,16-17H2,1-2H3,(H,25,27). The molecule has 2 N–H and O–H groups in total. The van der Waals surface area contributed by atoms with Crippen molar-refractivity contribution in [1.82, 2.24) is 9.62 Å². The van der Waals surface area contributed by atoms with Gasteiger partial charge in [-0.3, -0.25) is 9.69 Å². The minimum Gasteiger partial charge on any atom is -0.326 e. The summed E-state index contributed by atoms with van der Waals surface area (Å²) in [5.74, 6) is 0.247. The molecule has 0 aromatic heterocycles. The molecule has 3 rings (SSSR count). The molecule has 1 saturated heterocycles. The van der Waals surface area contributed by atoms with Gasteiger partial charge in [0.15, 0.2) is 0 Å². The molecule has 162 valence electrons. The van der Waals surface area contributed by atoms with Crippen molar-refractivity contribution in [3.8, 4) is 0 Å². The van der Waals surface area contributed by atoms with Crippen LogP contribution in [-0.2, 0) is 21.4 Å². The van der Waals surface area contributed by atoms with E-state index in [0.717, 1.165) is 32.5 Å². The Kier molecular flexibility index (Phi) is 7.64. The van der Waals surface area contributed by atoms with Crippen molar-refractivity contribution in [3.05, 3.63) is 59.7 Å². The number of benzene rings is 2. The van der Waals surface area contributed by atoms with E-state index in [2.05, 4.69) is 39.2 Å². The van der Waals surface area contributed by atoms with Gasteiger partial charge >= 0.3 is 0 Å². The van der Waals surface area contributed by atoms with Crippen LogP contribution in [0.3, 0.4) is 0 Å². The van der Waals surface area contributed by atoms with E-state index in [4.69, 9.17) is 0 Å². The highest BCUT2D eigenvalue weighted by atomic mass is 32.2. The Morgan fingerprint density at radius 1 is 1.10 bits per heavy atom. The Balaban J connectivity index is 1.51. The molecular formula is C23H31N3O3S. The molecule has 0 saturated carbocycles. The van der Waals surface area contributed by atoms with Crippen LogP contribution in [0.1, 0.15) is 37.3 Å². The number of anilines is 1. The highest BCUT2D eigenvalue weighted by Gasteiger charge is 2.23. The first-order chi connectivity index (χ1) is 14.4. The van der Waals surface area contributed by atoms with Crippen molar-refractivity contribution in [2.45, 2.75) is 44.6 Å². The molecule has 0 aliphatic carbocycles. The molecule has 0 radical (unpaired) electrons. The first-order valence-corrected chi connectivity index (χ1v) is 12.0. The summed E-state index contributed by atoms with van der Waals surface area (Å²) in [6.07, 6.45) is 2.34. The van der Waals surface area contributed by atoms with Crippen LogP contribution in [0, 0.1) is 12.8 Å². The number of carbonyl (C=O) groups excluding carboxylic acids is 1. The number of sulfonamides is 1. The number of carbonyl (C=O) groups is 1. The monoisotopic (exact) mass is 429 g/mol. The van der Waals surface area contributed by atoms with Crippen LogP contribution >= 0.6 is 0 Å². The van der Waals surface area contributed by atoms with Crippen molar-refractivity contribution in [2.24, 2.45) is 5.92 Å². The summed E-state index contributed by atoms with van der Waals surface area (Å²) >= 11 is 0. The molecule has 0 atom stereocenters. The molecule has 1 heterocycles. The minimum atomic E-state index is -3.58. The van der Waals surface area contributed by atoms with Crippen molar-refractivity contribution in [2.75, 3.05) is 25.0 Å². The van der Waals surface area contributed by atoms with Gasteiger partial charge in [0.2, 0.25) is 15.9 Å². The molecule has 1 aliphatic rings. The van der Waals surface area contributed by atoms with Crippen LogP contribution in [0.15, 0.2) is 53.4 Å². The predicted octanol–water partition coefficient (Wildman–Crippen LogP) is 3.53. The third kappa shape index (κ3) is 6.14. The van der Waals surface area contributed by atoms with Crippen LogP contribution in [0.5, 0.6) is 0 Å². The van der Waals surface area contributed by atoms with Crippen molar-refractivity contribution >= 4 is 21.6 Å². The van der Waals surface area contributed by atoms with Gasteiger partial charge in [-0.15, -0.1) is 0 Å². The van der Waals surface area contributed by atoms with E-state index in [9.17, 15) is 13.2 Å². The average molecular weight is 430 g/mol. The number of nitrogens with one attached hydrogen (secondary N) is 2. The number of aryl methyl sites for hydroxylation is 1. The summed E-state index contributed by atoms with van der Waals surface area (Å²) in [6.45, 7) is 6.88. The molecule has 1 amide bonds. The van der Waals surface area contributed by atoms with Crippen LogP contribution in [-0.4, -0.2) is 38.9 Å². The molecule has 0 unspecified atom stereocenters. The maximum Gasteiger partial charge on any atom is 0.240 e. The lowest BCUT2D eigenvalue weighted by Gasteiger charge is -2.32. The fraction of sp³-hybridized carbons (Fsp3) is 0.435. The predicted molar refractivity (Wildman–Crippen MR) is 120 cm³/mol. The second kappa shape index (κ2) is 10.2. The fourth-order valence-corrected chi connectivity index (χ4v) is 5.11. The van der Waals surface area contributed by atoms with Gasteiger partial charge in [0, 0.05) is 25.2 Å². The second-order valence-electron chi connectivity index (χ2n) is 7.94. The smallest absolute Gasteiger partial charge is 0.240 e. The third-order valence-corrected chi connectivity index (χ3v) is 7.17. The molecule has 2 aromatic carbocycles. The number of rotatable bonds is 8. The van der Waals surface area contributed by atoms with E-state index in [1.54, 1.807) is 32.0 Å². The van der Waals surface area contributed by atoms with Gasteiger partial charge in [-0.25, -0.2) is 13.1 Å². The number of nitrogens with zero attached hydrogens (tertiary/aromatic N) is 1. The zero-order chi connectivity index (χ0) is 21.6. The van der Waals surface area contributed by atoms with Crippen molar-refractivity contribution < 1.29 is 13.2 Å². The van der Waals surface area contributed by atoms with Crippen molar-refractivity contribution in [3.63, 3.8) is 0 Å². The molecule has 0 bridgehead atoms. The maximum atomic E-state index is 12.8. The summed E-state index contributed by atoms with van der Waals surface area (Å²) in [5.41, 5.74) is 2.55. The molecule has 1 fully saturated rings. The summed E-state index contributed by atoms with van der Waals surface area (Å²) in [5, 5.41) is 2.76. The molecular weight excluding hydrogens is 398 g/mol. The third-order valence-electron chi connectivity index (χ3n) is 5.59. The van der Waals surface area contributed by atoms with E-state index < -0.39 is 10.0 Å². The number of likely N-dealkylation sites (tertiary alicyclic amines) is 1. The number of hydrogen-bond acceptors (Lipinski definition) is 4. The molecule has 30 heavy (non-hydrogen) atoms. The van der Waals surface area contributed by atoms with E-state index in [-0.39, 0.29) is 10.8 Å². The fourth-order valence-electron chi connectivity index (χ4n) is 3.77. The molecule has 1 aliphatic heterocycles. The summed E-state index contributed by atoms with van der Waals surface area (Å²) in [6, 6.07) is 15.3. The highest BCUT2D eigenvalue weighted by Crippen LogP contribution is 2.22. The zero-order valence-electron chi connectivity index (χ0n) is 17.7. The average Bonchev–Trinajstić information content (AvgIpc) is 2.74. The number of piperidine rings is 1.